The number of carbonyl (C=O) groups is 2. The summed E-state index contributed by atoms with van der Waals surface area (Å²) in [5, 5.41) is 2.71. The Hall–Kier alpha value is -2.09. The van der Waals surface area contributed by atoms with Crippen molar-refractivity contribution >= 4 is 21.8 Å². The van der Waals surface area contributed by atoms with Crippen LogP contribution < -0.4 is 10.1 Å². The first kappa shape index (κ1) is 19.2. The number of carbonyl (C=O) groups excluding carboxylic acids is 2. The number of nitrogens with zero attached hydrogens (tertiary/aromatic N) is 1. The van der Waals surface area contributed by atoms with Gasteiger partial charge in [-0.15, -0.1) is 0 Å². The molecule has 1 aromatic carbocycles. The Morgan fingerprint density at radius 3 is 2.72 bits per heavy atom. The number of sulfonamides is 1. The van der Waals surface area contributed by atoms with Crippen LogP contribution in [-0.4, -0.2) is 44.2 Å². The van der Waals surface area contributed by atoms with Crippen LogP contribution in [0.1, 0.15) is 38.2 Å². The van der Waals surface area contributed by atoms with E-state index in [-0.39, 0.29) is 17.7 Å². The Labute approximate surface area is 148 Å². The molecule has 1 fully saturated rings. The Morgan fingerprint density at radius 2 is 2.12 bits per heavy atom. The molecule has 1 N–H and O–H groups in total. The molecule has 7 nitrogen and oxygen atoms in total. The molecule has 1 aliphatic heterocycles. The van der Waals surface area contributed by atoms with Crippen molar-refractivity contribution in [1.82, 2.24) is 9.62 Å². The minimum Gasteiger partial charge on any atom is -0.496 e. The third-order valence-corrected chi connectivity index (χ3v) is 6.04. The topological polar surface area (TPSA) is 92.8 Å². The van der Waals surface area contributed by atoms with Gasteiger partial charge in [-0.3, -0.25) is 9.59 Å². The molecular formula is C17H24N2O5S. The van der Waals surface area contributed by atoms with Gasteiger partial charge in [-0.2, -0.15) is 0 Å². The van der Waals surface area contributed by atoms with E-state index in [9.17, 15) is 18.0 Å². The van der Waals surface area contributed by atoms with Crippen molar-refractivity contribution in [2.45, 2.75) is 50.5 Å². The highest BCUT2D eigenvalue weighted by atomic mass is 32.2. The lowest BCUT2D eigenvalue weighted by Gasteiger charge is -2.24. The largest absolute Gasteiger partial charge is 0.496 e. The fraction of sp³-hybridized carbons (Fsp3) is 0.529. The van der Waals surface area contributed by atoms with Crippen LogP contribution in [0.25, 0.3) is 0 Å². The number of ether oxygens (including phenoxy) is 1. The highest BCUT2D eigenvalue weighted by Gasteiger charge is 2.44. The summed E-state index contributed by atoms with van der Waals surface area (Å²) < 4.78 is 31.7. The summed E-state index contributed by atoms with van der Waals surface area (Å²) in [6, 6.07) is 3.39. The molecule has 0 unspecified atom stereocenters. The predicted octanol–water partition coefficient (Wildman–Crippen LogP) is 1.60. The molecule has 8 heteroatoms. The van der Waals surface area contributed by atoms with Crippen molar-refractivity contribution in [1.29, 1.82) is 0 Å². The monoisotopic (exact) mass is 368 g/mol. The van der Waals surface area contributed by atoms with Crippen molar-refractivity contribution in [2.75, 3.05) is 13.7 Å². The molecule has 0 saturated carbocycles. The van der Waals surface area contributed by atoms with Gasteiger partial charge in [-0.25, -0.2) is 12.7 Å². The summed E-state index contributed by atoms with van der Waals surface area (Å²) in [6.07, 6.45) is 1.96. The molecule has 0 aliphatic carbocycles. The van der Waals surface area contributed by atoms with Crippen molar-refractivity contribution in [3.63, 3.8) is 0 Å². The molecule has 1 aliphatic rings. The maximum Gasteiger partial charge on any atom is 0.267 e. The second kappa shape index (κ2) is 7.86. The fourth-order valence-corrected chi connectivity index (χ4v) is 4.52. The van der Waals surface area contributed by atoms with E-state index in [2.05, 4.69) is 5.32 Å². The summed E-state index contributed by atoms with van der Waals surface area (Å²) in [5.41, 5.74) is 0.638. The molecular weight excluding hydrogens is 344 g/mol. The number of rotatable bonds is 7. The minimum atomic E-state index is -4.09. The zero-order valence-electron chi connectivity index (χ0n) is 14.7. The van der Waals surface area contributed by atoms with Gasteiger partial charge in [-0.05, 0) is 43.5 Å². The summed E-state index contributed by atoms with van der Waals surface area (Å²) in [5.74, 6) is -0.419. The van der Waals surface area contributed by atoms with Gasteiger partial charge in [0.05, 0.1) is 12.0 Å². The van der Waals surface area contributed by atoms with Crippen LogP contribution in [0.2, 0.25) is 0 Å². The van der Waals surface area contributed by atoms with E-state index in [4.69, 9.17) is 4.74 Å². The lowest BCUT2D eigenvalue weighted by molar-refractivity contribution is -0.130. The number of aryl methyl sites for hydroxylation is 1. The Morgan fingerprint density at radius 1 is 1.40 bits per heavy atom. The molecule has 2 rings (SSSR count). The van der Waals surface area contributed by atoms with E-state index < -0.39 is 27.9 Å². The van der Waals surface area contributed by atoms with Crippen LogP contribution in [0, 0.1) is 6.92 Å². The summed E-state index contributed by atoms with van der Waals surface area (Å²) in [4.78, 5) is 24.5. The van der Waals surface area contributed by atoms with E-state index in [1.54, 1.807) is 13.0 Å². The molecule has 0 spiro atoms. The Kier molecular flexibility index (Phi) is 6.05. The van der Waals surface area contributed by atoms with E-state index in [1.807, 2.05) is 6.92 Å². The summed E-state index contributed by atoms with van der Waals surface area (Å²) in [7, 11) is -2.60. The molecule has 25 heavy (non-hydrogen) atoms. The lowest BCUT2D eigenvalue weighted by Crippen LogP contribution is -2.47. The maximum absolute atomic E-state index is 12.9. The Balaban J connectivity index is 2.30. The van der Waals surface area contributed by atoms with Crippen molar-refractivity contribution in [3.8, 4) is 5.75 Å². The third-order valence-electron chi connectivity index (χ3n) is 4.22. The van der Waals surface area contributed by atoms with Crippen LogP contribution in [-0.2, 0) is 19.6 Å². The second-order valence-corrected chi connectivity index (χ2v) is 7.84. The highest BCUT2D eigenvalue weighted by Crippen LogP contribution is 2.29. The number of amides is 2. The molecule has 1 aromatic rings. The molecule has 0 aromatic heterocycles. The van der Waals surface area contributed by atoms with Gasteiger partial charge in [0.1, 0.15) is 11.8 Å². The van der Waals surface area contributed by atoms with Gasteiger partial charge < -0.3 is 10.1 Å². The van der Waals surface area contributed by atoms with Gasteiger partial charge in [0, 0.05) is 13.0 Å². The second-order valence-electron chi connectivity index (χ2n) is 6.03. The fourth-order valence-electron chi connectivity index (χ4n) is 2.83. The minimum absolute atomic E-state index is 0.0209. The average Bonchev–Trinajstić information content (AvgIpc) is 2.97. The number of hydrogen-bond acceptors (Lipinski definition) is 5. The van der Waals surface area contributed by atoms with E-state index in [0.717, 1.165) is 17.1 Å². The molecule has 2 amide bonds. The van der Waals surface area contributed by atoms with Crippen molar-refractivity contribution < 1.29 is 22.7 Å². The van der Waals surface area contributed by atoms with Crippen LogP contribution in [0.4, 0.5) is 0 Å². The first-order valence-corrected chi connectivity index (χ1v) is 9.76. The van der Waals surface area contributed by atoms with Crippen LogP contribution >= 0.6 is 0 Å². The van der Waals surface area contributed by atoms with Crippen molar-refractivity contribution in [3.05, 3.63) is 23.8 Å². The van der Waals surface area contributed by atoms with E-state index in [1.165, 1.54) is 19.2 Å². The van der Waals surface area contributed by atoms with Gasteiger partial charge in [0.25, 0.3) is 10.0 Å². The van der Waals surface area contributed by atoms with Crippen LogP contribution in [0.3, 0.4) is 0 Å². The summed E-state index contributed by atoms with van der Waals surface area (Å²) in [6.45, 7) is 4.18. The Bertz CT molecular complexity index is 760. The smallest absolute Gasteiger partial charge is 0.267 e. The molecule has 0 radical (unpaired) electrons. The van der Waals surface area contributed by atoms with Gasteiger partial charge in [-0.1, -0.05) is 13.3 Å². The van der Waals surface area contributed by atoms with Gasteiger partial charge in [0.2, 0.25) is 11.8 Å². The molecule has 0 bridgehead atoms. The van der Waals surface area contributed by atoms with Gasteiger partial charge >= 0.3 is 0 Å². The number of benzene rings is 1. The van der Waals surface area contributed by atoms with Crippen molar-refractivity contribution in [2.24, 2.45) is 0 Å². The molecule has 1 heterocycles. The van der Waals surface area contributed by atoms with E-state index >= 15 is 0 Å². The molecule has 1 saturated heterocycles. The number of unbranched alkanes of at least 4 members (excludes halogenated alkanes) is 1. The summed E-state index contributed by atoms with van der Waals surface area (Å²) >= 11 is 0. The molecule has 1 atom stereocenters. The number of nitrogens with one attached hydrogen (secondary N) is 1. The zero-order valence-corrected chi connectivity index (χ0v) is 15.6. The highest BCUT2D eigenvalue weighted by molar-refractivity contribution is 7.89. The van der Waals surface area contributed by atoms with E-state index in [0.29, 0.717) is 17.9 Å². The third kappa shape index (κ3) is 3.95. The normalized spacial score (nSPS) is 17.6. The lowest BCUT2D eigenvalue weighted by atomic mass is 10.2. The predicted molar refractivity (Wildman–Crippen MR) is 92.7 cm³/mol. The maximum atomic E-state index is 12.9. The first-order valence-electron chi connectivity index (χ1n) is 8.32. The molecule has 138 valence electrons. The SMILES string of the molecule is CCCCNC(=O)[C@@H]1CCC(=O)N1S(=O)(=O)c1ccc(OC)c(C)c1. The first-order chi connectivity index (χ1) is 11.8. The van der Waals surface area contributed by atoms with Gasteiger partial charge in [0.15, 0.2) is 0 Å². The van der Waals surface area contributed by atoms with Crippen LogP contribution in [0.5, 0.6) is 5.75 Å². The number of hydrogen-bond donors (Lipinski definition) is 1. The van der Waals surface area contributed by atoms with Crippen LogP contribution in [0.15, 0.2) is 23.1 Å². The zero-order chi connectivity index (χ0) is 18.6. The quantitative estimate of drug-likeness (QED) is 0.738. The number of methoxy groups -OCH3 is 1. The standard InChI is InChI=1S/C17H24N2O5S/c1-4-5-10-18-17(21)14-7-9-16(20)19(14)25(22,23)13-6-8-15(24-3)12(2)11-13/h6,8,11,14H,4-5,7,9-10H2,1-3H3,(H,18,21)/t14-/m0/s1. The average molecular weight is 368 g/mol.